The van der Waals surface area contributed by atoms with Gasteiger partial charge in [-0.3, -0.25) is 9.59 Å². The van der Waals surface area contributed by atoms with Crippen molar-refractivity contribution in [1.29, 1.82) is 0 Å². The average molecular weight is 425 g/mol. The zero-order chi connectivity index (χ0) is 21.1. The number of imidazole rings is 1. The number of nitrogens with zero attached hydrogens (tertiary/aromatic N) is 3. The number of likely N-dealkylation sites (tertiary alicyclic amines) is 1. The van der Waals surface area contributed by atoms with Gasteiger partial charge in [0.05, 0.1) is 23.5 Å². The number of carbonyl (C=O) groups excluding carboxylic acids is 2. The minimum absolute atomic E-state index is 0.0222. The quantitative estimate of drug-likeness (QED) is 0.660. The first-order valence-corrected chi connectivity index (χ1v) is 10.6. The number of aromatic nitrogens is 2. The molecule has 3 aromatic rings. The molecule has 1 aliphatic rings. The van der Waals surface area contributed by atoms with Crippen molar-refractivity contribution >= 4 is 34.4 Å². The lowest BCUT2D eigenvalue weighted by Crippen LogP contribution is -2.46. The summed E-state index contributed by atoms with van der Waals surface area (Å²) in [6.07, 6.45) is 1.74. The van der Waals surface area contributed by atoms with Gasteiger partial charge >= 0.3 is 0 Å². The fraction of sp³-hybridized carbons (Fsp3) is 0.348. The molecule has 0 aliphatic carbocycles. The summed E-state index contributed by atoms with van der Waals surface area (Å²) in [7, 11) is 1.95. The normalized spacial score (nSPS) is 16.8. The van der Waals surface area contributed by atoms with Crippen molar-refractivity contribution in [3.05, 3.63) is 64.9 Å². The van der Waals surface area contributed by atoms with Crippen LogP contribution >= 0.6 is 11.6 Å². The van der Waals surface area contributed by atoms with Crippen LogP contribution in [0.15, 0.2) is 48.5 Å². The number of halogens is 1. The molecule has 2 heterocycles. The molecule has 0 radical (unpaired) electrons. The molecule has 1 fully saturated rings. The van der Waals surface area contributed by atoms with Crippen LogP contribution in [0.25, 0.3) is 11.0 Å². The number of para-hydroxylation sites is 2. The molecule has 6 nitrogen and oxygen atoms in total. The standard InChI is InChI=1S/C23H25ClN4O2/c1-27-20-5-3-2-4-19(20)26-21(27)14-25-23(30)17-8-11-22(29)28(15-17)13-12-16-6-9-18(24)10-7-16/h2-7,9-10,17H,8,11-15H2,1H3,(H,25,30)/t17-/m0/s1. The predicted octanol–water partition coefficient (Wildman–Crippen LogP) is 3.32. The Kier molecular flexibility index (Phi) is 6.04. The first-order valence-electron chi connectivity index (χ1n) is 10.2. The zero-order valence-electron chi connectivity index (χ0n) is 17.0. The maximum atomic E-state index is 12.8. The molecule has 1 atom stereocenters. The summed E-state index contributed by atoms with van der Waals surface area (Å²) in [5, 5.41) is 3.71. The van der Waals surface area contributed by atoms with Crippen molar-refractivity contribution in [2.75, 3.05) is 13.1 Å². The second-order valence-electron chi connectivity index (χ2n) is 7.75. The van der Waals surface area contributed by atoms with Gasteiger partial charge in [-0.2, -0.15) is 0 Å². The lowest BCUT2D eigenvalue weighted by atomic mass is 9.96. The topological polar surface area (TPSA) is 67.2 Å². The highest BCUT2D eigenvalue weighted by Crippen LogP contribution is 2.20. The molecular weight excluding hydrogens is 400 g/mol. The van der Waals surface area contributed by atoms with Crippen LogP contribution < -0.4 is 5.32 Å². The molecule has 1 aromatic heterocycles. The van der Waals surface area contributed by atoms with E-state index in [1.165, 1.54) is 0 Å². The van der Waals surface area contributed by atoms with Crippen LogP contribution in [0.5, 0.6) is 0 Å². The van der Waals surface area contributed by atoms with E-state index in [0.29, 0.717) is 37.5 Å². The Morgan fingerprint density at radius 3 is 2.73 bits per heavy atom. The van der Waals surface area contributed by atoms with Gasteiger partial charge in [-0.25, -0.2) is 4.98 Å². The van der Waals surface area contributed by atoms with Gasteiger partial charge in [-0.15, -0.1) is 0 Å². The Morgan fingerprint density at radius 1 is 1.20 bits per heavy atom. The van der Waals surface area contributed by atoms with Crippen LogP contribution in [0.2, 0.25) is 5.02 Å². The summed E-state index contributed by atoms with van der Waals surface area (Å²) in [5.41, 5.74) is 3.08. The number of carbonyl (C=O) groups is 2. The fourth-order valence-electron chi connectivity index (χ4n) is 3.92. The highest BCUT2D eigenvalue weighted by molar-refractivity contribution is 6.30. The van der Waals surface area contributed by atoms with E-state index in [4.69, 9.17) is 11.6 Å². The van der Waals surface area contributed by atoms with Gasteiger partial charge in [0.2, 0.25) is 11.8 Å². The average Bonchev–Trinajstić information content (AvgIpc) is 3.08. The van der Waals surface area contributed by atoms with Crippen LogP contribution in [0.1, 0.15) is 24.2 Å². The number of rotatable bonds is 6. The Balaban J connectivity index is 1.33. The van der Waals surface area contributed by atoms with Crippen LogP contribution in [0.3, 0.4) is 0 Å². The van der Waals surface area contributed by atoms with E-state index in [2.05, 4.69) is 10.3 Å². The van der Waals surface area contributed by atoms with Crippen molar-refractivity contribution in [2.45, 2.75) is 25.8 Å². The highest BCUT2D eigenvalue weighted by atomic mass is 35.5. The molecular formula is C23H25ClN4O2. The Morgan fingerprint density at radius 2 is 1.97 bits per heavy atom. The first-order chi connectivity index (χ1) is 14.5. The summed E-state index contributed by atoms with van der Waals surface area (Å²) < 4.78 is 2.00. The minimum atomic E-state index is -0.192. The number of hydrogen-bond donors (Lipinski definition) is 1. The van der Waals surface area contributed by atoms with Crippen molar-refractivity contribution in [2.24, 2.45) is 13.0 Å². The Bertz CT molecular complexity index is 1060. The summed E-state index contributed by atoms with van der Waals surface area (Å²) in [4.78, 5) is 31.5. The SMILES string of the molecule is Cn1c(CNC(=O)[C@H]2CCC(=O)N(CCc3ccc(Cl)cc3)C2)nc2ccccc21. The van der Waals surface area contributed by atoms with E-state index < -0.39 is 0 Å². The number of aryl methyl sites for hydroxylation is 1. The number of hydrogen-bond acceptors (Lipinski definition) is 3. The lowest BCUT2D eigenvalue weighted by Gasteiger charge is -2.32. The summed E-state index contributed by atoms with van der Waals surface area (Å²) >= 11 is 5.93. The van der Waals surface area contributed by atoms with Gasteiger partial charge in [0.15, 0.2) is 0 Å². The molecule has 2 amide bonds. The van der Waals surface area contributed by atoms with Crippen molar-refractivity contribution in [3.8, 4) is 0 Å². The number of piperidine rings is 1. The smallest absolute Gasteiger partial charge is 0.225 e. The summed E-state index contributed by atoms with van der Waals surface area (Å²) in [6, 6.07) is 15.6. The Labute approximate surface area is 180 Å². The van der Waals surface area contributed by atoms with E-state index in [1.807, 2.05) is 60.1 Å². The van der Waals surface area contributed by atoms with Gasteiger partial charge in [0, 0.05) is 31.6 Å². The first kappa shape index (κ1) is 20.4. The molecule has 2 aromatic carbocycles. The molecule has 1 aliphatic heterocycles. The van der Waals surface area contributed by atoms with Crippen LogP contribution in [0.4, 0.5) is 0 Å². The molecule has 0 spiro atoms. The molecule has 1 N–H and O–H groups in total. The third kappa shape index (κ3) is 4.49. The van der Waals surface area contributed by atoms with Crippen molar-refractivity contribution < 1.29 is 9.59 Å². The number of fused-ring (bicyclic) bond motifs is 1. The molecule has 0 saturated carbocycles. The molecule has 156 valence electrons. The molecule has 0 bridgehead atoms. The maximum Gasteiger partial charge on any atom is 0.225 e. The van der Waals surface area contributed by atoms with E-state index >= 15 is 0 Å². The van der Waals surface area contributed by atoms with Gasteiger partial charge in [-0.1, -0.05) is 35.9 Å². The van der Waals surface area contributed by atoms with Gasteiger partial charge in [0.25, 0.3) is 0 Å². The Hall–Kier alpha value is -2.86. The summed E-state index contributed by atoms with van der Waals surface area (Å²) in [6.45, 7) is 1.44. The predicted molar refractivity (Wildman–Crippen MR) is 117 cm³/mol. The second-order valence-corrected chi connectivity index (χ2v) is 8.18. The number of amides is 2. The molecule has 1 saturated heterocycles. The minimum Gasteiger partial charge on any atom is -0.349 e. The zero-order valence-corrected chi connectivity index (χ0v) is 17.7. The molecule has 0 unspecified atom stereocenters. The molecule has 7 heteroatoms. The van der Waals surface area contributed by atoms with Gasteiger partial charge in [0.1, 0.15) is 5.82 Å². The fourth-order valence-corrected chi connectivity index (χ4v) is 4.05. The molecule has 30 heavy (non-hydrogen) atoms. The number of nitrogens with one attached hydrogen (secondary N) is 1. The molecule has 4 rings (SSSR count). The van der Waals surface area contributed by atoms with Crippen molar-refractivity contribution in [1.82, 2.24) is 19.8 Å². The van der Waals surface area contributed by atoms with Crippen LogP contribution in [-0.4, -0.2) is 39.4 Å². The van der Waals surface area contributed by atoms with E-state index in [0.717, 1.165) is 28.8 Å². The highest BCUT2D eigenvalue weighted by Gasteiger charge is 2.30. The maximum absolute atomic E-state index is 12.8. The van der Waals surface area contributed by atoms with E-state index in [-0.39, 0.29) is 17.7 Å². The summed E-state index contributed by atoms with van der Waals surface area (Å²) in [5.74, 6) is 0.716. The number of benzene rings is 2. The monoisotopic (exact) mass is 424 g/mol. The van der Waals surface area contributed by atoms with Crippen LogP contribution in [-0.2, 0) is 29.6 Å². The third-order valence-corrected chi connectivity index (χ3v) is 6.01. The lowest BCUT2D eigenvalue weighted by molar-refractivity contribution is -0.138. The van der Waals surface area contributed by atoms with Gasteiger partial charge in [-0.05, 0) is 42.7 Å². The van der Waals surface area contributed by atoms with Crippen LogP contribution in [0, 0.1) is 5.92 Å². The largest absolute Gasteiger partial charge is 0.349 e. The van der Waals surface area contributed by atoms with E-state index in [9.17, 15) is 9.59 Å². The van der Waals surface area contributed by atoms with Gasteiger partial charge < -0.3 is 14.8 Å². The second kappa shape index (κ2) is 8.88. The van der Waals surface area contributed by atoms with Crippen molar-refractivity contribution in [3.63, 3.8) is 0 Å². The van der Waals surface area contributed by atoms with E-state index in [1.54, 1.807) is 4.90 Å². The third-order valence-electron chi connectivity index (χ3n) is 5.76.